The molecule has 0 aliphatic heterocycles. The molecule has 1 N–H and O–H groups in total. The molecular formula is C22H24N2O3. The maximum atomic E-state index is 13.0. The molecule has 5 heteroatoms. The molecule has 0 bridgehead atoms. The Bertz CT molecular complexity index is 1020. The number of rotatable bonds is 6. The summed E-state index contributed by atoms with van der Waals surface area (Å²) in [7, 11) is 1.58. The number of benzene rings is 2. The summed E-state index contributed by atoms with van der Waals surface area (Å²) in [6.45, 7) is 4.96. The Kier molecular flexibility index (Phi) is 5.60. The van der Waals surface area contributed by atoms with Crippen molar-refractivity contribution in [1.29, 1.82) is 0 Å². The van der Waals surface area contributed by atoms with Gasteiger partial charge in [-0.05, 0) is 42.7 Å². The lowest BCUT2D eigenvalue weighted by molar-refractivity contribution is 0.414. The Morgan fingerprint density at radius 3 is 2.41 bits per heavy atom. The zero-order chi connectivity index (χ0) is 19.4. The number of hydrogen-bond acceptors (Lipinski definition) is 4. The van der Waals surface area contributed by atoms with Gasteiger partial charge in [-0.3, -0.25) is 9.79 Å². The Morgan fingerprint density at radius 1 is 1.11 bits per heavy atom. The van der Waals surface area contributed by atoms with Gasteiger partial charge in [0.2, 0.25) is 5.88 Å². The van der Waals surface area contributed by atoms with Gasteiger partial charge in [-0.25, -0.2) is 4.57 Å². The fraction of sp³-hybridized carbons (Fsp3) is 0.273. The van der Waals surface area contributed by atoms with Crippen molar-refractivity contribution >= 4 is 17.0 Å². The summed E-state index contributed by atoms with van der Waals surface area (Å²) in [5.41, 5.74) is 0.846. The predicted octanol–water partition coefficient (Wildman–Crippen LogP) is 4.17. The molecule has 3 aromatic rings. The number of methoxy groups -OCH3 is 1. The number of fused-ring (bicyclic) bond motifs is 1. The highest BCUT2D eigenvalue weighted by atomic mass is 16.5. The monoisotopic (exact) mass is 364 g/mol. The lowest BCUT2D eigenvalue weighted by Gasteiger charge is -2.14. The van der Waals surface area contributed by atoms with E-state index in [2.05, 4.69) is 18.8 Å². The van der Waals surface area contributed by atoms with Gasteiger partial charge in [0.1, 0.15) is 5.75 Å². The van der Waals surface area contributed by atoms with Crippen LogP contribution < -0.4 is 10.3 Å². The molecule has 0 aliphatic rings. The van der Waals surface area contributed by atoms with Crippen LogP contribution in [0.25, 0.3) is 16.5 Å². The molecule has 0 aliphatic carbocycles. The van der Waals surface area contributed by atoms with E-state index in [-0.39, 0.29) is 11.4 Å². The van der Waals surface area contributed by atoms with Crippen molar-refractivity contribution in [1.82, 2.24) is 4.57 Å². The van der Waals surface area contributed by atoms with E-state index in [0.29, 0.717) is 40.2 Å². The van der Waals surface area contributed by atoms with Gasteiger partial charge < -0.3 is 9.84 Å². The second kappa shape index (κ2) is 8.08. The van der Waals surface area contributed by atoms with Crippen molar-refractivity contribution in [2.24, 2.45) is 10.9 Å². The van der Waals surface area contributed by atoms with Gasteiger partial charge in [0.05, 0.1) is 18.4 Å². The molecule has 0 spiro atoms. The summed E-state index contributed by atoms with van der Waals surface area (Å²) in [6.07, 6.45) is 2.63. The van der Waals surface area contributed by atoms with Crippen LogP contribution in [-0.4, -0.2) is 29.5 Å². The number of nitrogens with zero attached hydrogens (tertiary/aromatic N) is 2. The van der Waals surface area contributed by atoms with Crippen LogP contribution in [-0.2, 0) is 0 Å². The summed E-state index contributed by atoms with van der Waals surface area (Å²) in [6, 6.07) is 14.3. The molecule has 0 saturated carbocycles. The third-order valence-electron chi connectivity index (χ3n) is 4.49. The maximum Gasteiger partial charge on any atom is 0.265 e. The van der Waals surface area contributed by atoms with Crippen LogP contribution in [0.4, 0.5) is 0 Å². The van der Waals surface area contributed by atoms with E-state index in [1.807, 2.05) is 18.2 Å². The molecule has 3 rings (SSSR count). The van der Waals surface area contributed by atoms with Crippen molar-refractivity contribution in [3.63, 3.8) is 0 Å². The minimum Gasteiger partial charge on any atom is -0.497 e. The number of ether oxygens (including phenoxy) is 1. The lowest BCUT2D eigenvalue weighted by atomic mass is 10.1. The zero-order valence-electron chi connectivity index (χ0n) is 15.8. The number of aliphatic imine (C=N–C) groups is 1. The summed E-state index contributed by atoms with van der Waals surface area (Å²) in [4.78, 5) is 17.5. The molecule has 0 fully saturated rings. The minimum absolute atomic E-state index is 0.114. The molecule has 0 radical (unpaired) electrons. The molecule has 1 aromatic heterocycles. The Labute approximate surface area is 158 Å². The van der Waals surface area contributed by atoms with Crippen molar-refractivity contribution < 1.29 is 9.84 Å². The van der Waals surface area contributed by atoms with Crippen LogP contribution in [0.3, 0.4) is 0 Å². The standard InChI is InChI=1S/C22H24N2O3/c1-15(2)12-13-23-14-20-18-6-4-5-7-19(18)21(25)24(22(20)26)16-8-10-17(27-3)11-9-16/h4-11,14-15,26H,12-13H2,1-3H3. The van der Waals surface area contributed by atoms with Crippen molar-refractivity contribution in [3.05, 3.63) is 64.4 Å². The van der Waals surface area contributed by atoms with Gasteiger partial charge in [0.15, 0.2) is 0 Å². The highest BCUT2D eigenvalue weighted by Crippen LogP contribution is 2.26. The highest BCUT2D eigenvalue weighted by molar-refractivity contribution is 6.01. The first-order valence-corrected chi connectivity index (χ1v) is 9.04. The molecule has 1 heterocycles. The first-order chi connectivity index (χ1) is 13.0. The second-order valence-corrected chi connectivity index (χ2v) is 6.84. The molecule has 0 amide bonds. The summed E-state index contributed by atoms with van der Waals surface area (Å²) < 4.78 is 6.48. The van der Waals surface area contributed by atoms with Crippen LogP contribution >= 0.6 is 0 Å². The normalized spacial score (nSPS) is 11.6. The quantitative estimate of drug-likeness (QED) is 0.668. The first-order valence-electron chi connectivity index (χ1n) is 9.04. The van der Waals surface area contributed by atoms with Crippen LogP contribution in [0.1, 0.15) is 25.8 Å². The van der Waals surface area contributed by atoms with Gasteiger partial charge in [0.25, 0.3) is 5.56 Å². The molecule has 0 saturated heterocycles. The minimum atomic E-state index is -0.271. The van der Waals surface area contributed by atoms with E-state index >= 15 is 0 Å². The summed E-state index contributed by atoms with van der Waals surface area (Å²) >= 11 is 0. The Balaban J connectivity index is 2.17. The van der Waals surface area contributed by atoms with Crippen molar-refractivity contribution in [2.45, 2.75) is 20.3 Å². The largest absolute Gasteiger partial charge is 0.497 e. The molecule has 0 atom stereocenters. The summed E-state index contributed by atoms with van der Waals surface area (Å²) in [5.74, 6) is 1.13. The van der Waals surface area contributed by atoms with E-state index in [4.69, 9.17) is 4.74 Å². The lowest BCUT2D eigenvalue weighted by Crippen LogP contribution is -2.20. The van der Waals surface area contributed by atoms with Gasteiger partial charge in [-0.1, -0.05) is 32.0 Å². The van der Waals surface area contributed by atoms with Gasteiger partial charge >= 0.3 is 0 Å². The topological polar surface area (TPSA) is 63.8 Å². The maximum absolute atomic E-state index is 13.0. The van der Waals surface area contributed by atoms with Crippen LogP contribution in [0.15, 0.2) is 58.3 Å². The number of pyridine rings is 1. The van der Waals surface area contributed by atoms with Gasteiger partial charge in [-0.2, -0.15) is 0 Å². The highest BCUT2D eigenvalue weighted by Gasteiger charge is 2.16. The third kappa shape index (κ3) is 3.87. The van der Waals surface area contributed by atoms with E-state index < -0.39 is 0 Å². The fourth-order valence-electron chi connectivity index (χ4n) is 2.95. The molecular weight excluding hydrogens is 340 g/mol. The van der Waals surface area contributed by atoms with Crippen LogP contribution in [0, 0.1) is 5.92 Å². The molecule has 5 nitrogen and oxygen atoms in total. The number of hydrogen-bond donors (Lipinski definition) is 1. The average Bonchev–Trinajstić information content (AvgIpc) is 2.67. The second-order valence-electron chi connectivity index (χ2n) is 6.84. The molecule has 0 unspecified atom stereocenters. The Morgan fingerprint density at radius 2 is 1.78 bits per heavy atom. The van der Waals surface area contributed by atoms with Gasteiger partial charge in [0, 0.05) is 23.5 Å². The van der Waals surface area contributed by atoms with E-state index in [1.54, 1.807) is 43.7 Å². The van der Waals surface area contributed by atoms with Crippen molar-refractivity contribution in [3.8, 4) is 17.3 Å². The summed E-state index contributed by atoms with van der Waals surface area (Å²) in [5, 5.41) is 12.1. The SMILES string of the molecule is COc1ccc(-n2c(O)c(C=NCCC(C)C)c3ccccc3c2=O)cc1. The number of aromatic nitrogens is 1. The van der Waals surface area contributed by atoms with Crippen LogP contribution in [0.2, 0.25) is 0 Å². The predicted molar refractivity (Wildman–Crippen MR) is 110 cm³/mol. The number of aromatic hydroxyl groups is 1. The van der Waals surface area contributed by atoms with Gasteiger partial charge in [-0.15, -0.1) is 0 Å². The van der Waals surface area contributed by atoms with E-state index in [9.17, 15) is 9.90 Å². The van der Waals surface area contributed by atoms with Crippen molar-refractivity contribution in [2.75, 3.05) is 13.7 Å². The molecule has 2 aromatic carbocycles. The smallest absolute Gasteiger partial charge is 0.265 e. The van der Waals surface area contributed by atoms with E-state index in [1.165, 1.54) is 4.57 Å². The van der Waals surface area contributed by atoms with E-state index in [0.717, 1.165) is 6.42 Å². The third-order valence-corrected chi connectivity index (χ3v) is 4.49. The zero-order valence-corrected chi connectivity index (χ0v) is 15.8. The molecule has 140 valence electrons. The Hall–Kier alpha value is -3.08. The fourth-order valence-corrected chi connectivity index (χ4v) is 2.95. The van der Waals surface area contributed by atoms with Crippen LogP contribution in [0.5, 0.6) is 11.6 Å². The molecule has 27 heavy (non-hydrogen) atoms. The first kappa shape index (κ1) is 18.7. The average molecular weight is 364 g/mol.